The molecule has 1 saturated heterocycles. The molecule has 0 amide bonds. The van der Waals surface area contributed by atoms with Gasteiger partial charge in [-0.15, -0.1) is 0 Å². The lowest BCUT2D eigenvalue weighted by Crippen LogP contribution is -2.42. The van der Waals surface area contributed by atoms with Crippen molar-refractivity contribution in [2.24, 2.45) is 0 Å². The van der Waals surface area contributed by atoms with Gasteiger partial charge in [0.05, 0.1) is 23.3 Å². The van der Waals surface area contributed by atoms with E-state index in [1.165, 1.54) is 5.56 Å². The first-order valence-corrected chi connectivity index (χ1v) is 8.70. The highest BCUT2D eigenvalue weighted by Gasteiger charge is 2.63. The van der Waals surface area contributed by atoms with Crippen LogP contribution in [0.3, 0.4) is 0 Å². The van der Waals surface area contributed by atoms with Gasteiger partial charge in [-0.25, -0.2) is 0 Å². The van der Waals surface area contributed by atoms with Crippen molar-refractivity contribution < 1.29 is 10.2 Å². The highest BCUT2D eigenvalue weighted by atomic mass is 16.3. The predicted octanol–water partition coefficient (Wildman–Crippen LogP) is 3.34. The Bertz CT molecular complexity index is 442. The first kappa shape index (κ1) is 17.5. The molecule has 0 saturated carbocycles. The van der Waals surface area contributed by atoms with Gasteiger partial charge in [0.2, 0.25) is 0 Å². The molecular formula is C19H31NO2. The van der Waals surface area contributed by atoms with Crippen LogP contribution < -0.4 is 0 Å². The molecule has 2 atom stereocenters. The molecule has 124 valence electrons. The molecule has 0 radical (unpaired) electrons. The third-order valence-electron chi connectivity index (χ3n) is 5.68. The van der Waals surface area contributed by atoms with Crippen LogP contribution in [0.1, 0.15) is 58.9 Å². The molecule has 1 aromatic rings. The fourth-order valence-electron chi connectivity index (χ4n) is 3.81. The summed E-state index contributed by atoms with van der Waals surface area (Å²) in [4.78, 5) is 2.29. The number of rotatable bonds is 8. The second kappa shape index (κ2) is 6.69. The zero-order chi connectivity index (χ0) is 16.4. The van der Waals surface area contributed by atoms with Crippen molar-refractivity contribution in [2.75, 3.05) is 0 Å². The molecule has 0 bridgehead atoms. The summed E-state index contributed by atoms with van der Waals surface area (Å²) in [6.07, 6.45) is 2.89. The van der Waals surface area contributed by atoms with Gasteiger partial charge in [-0.05, 0) is 31.2 Å². The van der Waals surface area contributed by atoms with Crippen LogP contribution in [-0.2, 0) is 6.54 Å². The van der Waals surface area contributed by atoms with E-state index in [0.717, 1.165) is 32.2 Å². The summed E-state index contributed by atoms with van der Waals surface area (Å²) in [6, 6.07) is 10.4. The molecule has 2 N–H and O–H groups in total. The summed E-state index contributed by atoms with van der Waals surface area (Å²) < 4.78 is 0. The summed E-state index contributed by atoms with van der Waals surface area (Å²) in [6.45, 7) is 8.95. The van der Waals surface area contributed by atoms with Crippen molar-refractivity contribution in [3.63, 3.8) is 0 Å². The lowest BCUT2D eigenvalue weighted by atomic mass is 9.84. The van der Waals surface area contributed by atoms with E-state index in [2.05, 4.69) is 17.0 Å². The zero-order valence-electron chi connectivity index (χ0n) is 14.4. The van der Waals surface area contributed by atoms with Crippen LogP contribution in [0.5, 0.6) is 0 Å². The molecule has 1 aromatic carbocycles. The van der Waals surface area contributed by atoms with Crippen molar-refractivity contribution in [3.05, 3.63) is 35.9 Å². The lowest BCUT2D eigenvalue weighted by molar-refractivity contribution is -0.00257. The Balaban J connectivity index is 2.25. The second-order valence-electron chi connectivity index (χ2n) is 6.67. The molecule has 3 nitrogen and oxygen atoms in total. The van der Waals surface area contributed by atoms with Crippen molar-refractivity contribution in [1.82, 2.24) is 4.90 Å². The third-order valence-corrected chi connectivity index (χ3v) is 5.68. The van der Waals surface area contributed by atoms with Crippen LogP contribution in [0, 0.1) is 0 Å². The normalized spacial score (nSPS) is 25.3. The van der Waals surface area contributed by atoms with Crippen LogP contribution in [0.2, 0.25) is 0 Å². The summed E-state index contributed by atoms with van der Waals surface area (Å²) in [7, 11) is 0. The fourth-order valence-corrected chi connectivity index (χ4v) is 3.81. The van der Waals surface area contributed by atoms with E-state index in [4.69, 9.17) is 0 Å². The molecule has 3 heteroatoms. The molecule has 22 heavy (non-hydrogen) atoms. The van der Waals surface area contributed by atoms with Crippen molar-refractivity contribution in [1.29, 1.82) is 0 Å². The average Bonchev–Trinajstić information content (AvgIpc) is 3.29. The lowest BCUT2D eigenvalue weighted by Gasteiger charge is -2.29. The summed E-state index contributed by atoms with van der Waals surface area (Å²) in [5, 5.41) is 22.0. The standard InChI is InChI=1S/C19H31NO2/c1-5-18(21,6-2)16-17(19(22,7-3)8-4)20(16)14-15-12-10-9-11-13-15/h9-13,16-17,21-22H,5-8,14H2,1-4H3/t16-,17-/m0/s1. The topological polar surface area (TPSA) is 43.5 Å². The van der Waals surface area contributed by atoms with E-state index in [9.17, 15) is 10.2 Å². The first-order chi connectivity index (χ1) is 10.5. The van der Waals surface area contributed by atoms with Crippen LogP contribution in [-0.4, -0.2) is 38.4 Å². The Kier molecular flexibility index (Phi) is 5.31. The summed E-state index contributed by atoms with van der Waals surface area (Å²) in [5.74, 6) is 0. The molecule has 1 aliphatic heterocycles. The van der Waals surface area contributed by atoms with Gasteiger partial charge >= 0.3 is 0 Å². The van der Waals surface area contributed by atoms with Crippen LogP contribution in [0.4, 0.5) is 0 Å². The highest BCUT2D eigenvalue weighted by Crippen LogP contribution is 2.48. The number of benzene rings is 1. The molecule has 1 heterocycles. The molecule has 1 fully saturated rings. The molecule has 1 aliphatic rings. The van der Waals surface area contributed by atoms with Crippen LogP contribution in [0.25, 0.3) is 0 Å². The van der Waals surface area contributed by atoms with Gasteiger partial charge < -0.3 is 10.2 Å². The number of nitrogens with zero attached hydrogens (tertiary/aromatic N) is 1. The Morgan fingerprint density at radius 3 is 1.59 bits per heavy atom. The van der Waals surface area contributed by atoms with Crippen LogP contribution in [0.15, 0.2) is 30.3 Å². The SMILES string of the molecule is CCC(O)(CC)[C@@H]1[C@@H](C(O)(CC)CC)N1Cc1ccccc1. The second-order valence-corrected chi connectivity index (χ2v) is 6.67. The number of aliphatic hydroxyl groups is 2. The summed E-state index contributed by atoms with van der Waals surface area (Å²) >= 11 is 0. The minimum atomic E-state index is -0.711. The van der Waals surface area contributed by atoms with E-state index in [-0.39, 0.29) is 12.1 Å². The van der Waals surface area contributed by atoms with E-state index in [1.54, 1.807) is 0 Å². The molecule has 0 aliphatic carbocycles. The van der Waals surface area contributed by atoms with Gasteiger partial charge in [0.15, 0.2) is 0 Å². The molecule has 0 unspecified atom stereocenters. The van der Waals surface area contributed by atoms with Crippen molar-refractivity contribution >= 4 is 0 Å². The Hall–Kier alpha value is -0.900. The van der Waals surface area contributed by atoms with E-state index >= 15 is 0 Å². The van der Waals surface area contributed by atoms with E-state index < -0.39 is 11.2 Å². The van der Waals surface area contributed by atoms with Gasteiger partial charge in [-0.2, -0.15) is 0 Å². The van der Waals surface area contributed by atoms with Gasteiger partial charge in [0.25, 0.3) is 0 Å². The maximum absolute atomic E-state index is 11.0. The van der Waals surface area contributed by atoms with Gasteiger partial charge in [0, 0.05) is 6.54 Å². The maximum Gasteiger partial charge on any atom is 0.0813 e. The van der Waals surface area contributed by atoms with Gasteiger partial charge in [-0.1, -0.05) is 58.0 Å². The van der Waals surface area contributed by atoms with Crippen LogP contribution >= 0.6 is 0 Å². The molecule has 0 spiro atoms. The summed E-state index contributed by atoms with van der Waals surface area (Å²) in [5.41, 5.74) is -0.186. The highest BCUT2D eigenvalue weighted by molar-refractivity contribution is 5.23. The van der Waals surface area contributed by atoms with Gasteiger partial charge in [0.1, 0.15) is 0 Å². The largest absolute Gasteiger partial charge is 0.388 e. The maximum atomic E-state index is 11.0. The smallest absolute Gasteiger partial charge is 0.0813 e. The minimum Gasteiger partial charge on any atom is -0.388 e. The average molecular weight is 305 g/mol. The molecular weight excluding hydrogens is 274 g/mol. The zero-order valence-corrected chi connectivity index (χ0v) is 14.4. The Morgan fingerprint density at radius 1 is 0.818 bits per heavy atom. The number of hydrogen-bond donors (Lipinski definition) is 2. The van der Waals surface area contributed by atoms with Crippen molar-refractivity contribution in [2.45, 2.75) is 83.2 Å². The third kappa shape index (κ3) is 3.08. The van der Waals surface area contributed by atoms with Crippen molar-refractivity contribution in [3.8, 4) is 0 Å². The minimum absolute atomic E-state index is 0.0487. The van der Waals surface area contributed by atoms with E-state index in [0.29, 0.717) is 0 Å². The Labute approximate surface area is 135 Å². The number of hydrogen-bond acceptors (Lipinski definition) is 3. The fraction of sp³-hybridized carbons (Fsp3) is 0.684. The Morgan fingerprint density at radius 2 is 1.23 bits per heavy atom. The van der Waals surface area contributed by atoms with E-state index in [1.807, 2.05) is 45.9 Å². The monoisotopic (exact) mass is 305 g/mol. The van der Waals surface area contributed by atoms with Gasteiger partial charge in [-0.3, -0.25) is 4.90 Å². The quantitative estimate of drug-likeness (QED) is 0.724. The first-order valence-electron chi connectivity index (χ1n) is 8.70. The molecule has 2 rings (SSSR count). The predicted molar refractivity (Wildman–Crippen MR) is 90.6 cm³/mol. The molecule has 0 aromatic heterocycles.